The predicted octanol–water partition coefficient (Wildman–Crippen LogP) is 3.41. The normalized spacial score (nSPS) is 10.3. The molecule has 0 saturated heterocycles. The van der Waals surface area contributed by atoms with E-state index < -0.39 is 0 Å². The SMILES string of the molecule is CCCCCNC(=O)CCNc1ccc(C)c(C)c1. The fourth-order valence-corrected chi connectivity index (χ4v) is 1.86. The number of carbonyl (C=O) groups excluding carboxylic acids is 1. The first-order valence-electron chi connectivity index (χ1n) is 7.21. The summed E-state index contributed by atoms with van der Waals surface area (Å²) in [7, 11) is 0. The van der Waals surface area contributed by atoms with Gasteiger partial charge in [0.1, 0.15) is 0 Å². The Kier molecular flexibility index (Phi) is 7.01. The Morgan fingerprint density at radius 3 is 2.58 bits per heavy atom. The van der Waals surface area contributed by atoms with E-state index in [1.807, 2.05) is 0 Å². The summed E-state index contributed by atoms with van der Waals surface area (Å²) >= 11 is 0. The van der Waals surface area contributed by atoms with E-state index in [0.717, 1.165) is 18.7 Å². The van der Waals surface area contributed by atoms with Gasteiger partial charge in [-0.2, -0.15) is 0 Å². The minimum absolute atomic E-state index is 0.132. The lowest BCUT2D eigenvalue weighted by atomic mass is 10.1. The van der Waals surface area contributed by atoms with E-state index in [0.29, 0.717) is 13.0 Å². The van der Waals surface area contributed by atoms with Crippen LogP contribution in [0.15, 0.2) is 18.2 Å². The molecule has 0 aliphatic carbocycles. The van der Waals surface area contributed by atoms with Gasteiger partial charge in [0.2, 0.25) is 5.91 Å². The monoisotopic (exact) mass is 262 g/mol. The van der Waals surface area contributed by atoms with Gasteiger partial charge in [-0.05, 0) is 43.5 Å². The molecule has 3 nitrogen and oxygen atoms in total. The van der Waals surface area contributed by atoms with Crippen molar-refractivity contribution in [2.45, 2.75) is 46.5 Å². The second-order valence-corrected chi connectivity index (χ2v) is 5.03. The molecular weight excluding hydrogens is 236 g/mol. The number of carbonyl (C=O) groups is 1. The average Bonchev–Trinajstić information content (AvgIpc) is 2.39. The molecular formula is C16H26N2O. The number of amides is 1. The van der Waals surface area contributed by atoms with Crippen molar-refractivity contribution in [1.82, 2.24) is 5.32 Å². The zero-order valence-corrected chi connectivity index (χ0v) is 12.4. The molecule has 0 aliphatic rings. The smallest absolute Gasteiger partial charge is 0.221 e. The van der Waals surface area contributed by atoms with Crippen LogP contribution in [0.1, 0.15) is 43.7 Å². The highest BCUT2D eigenvalue weighted by Gasteiger charge is 2.01. The Balaban J connectivity index is 2.18. The van der Waals surface area contributed by atoms with E-state index in [2.05, 4.69) is 49.6 Å². The fourth-order valence-electron chi connectivity index (χ4n) is 1.86. The van der Waals surface area contributed by atoms with E-state index in [-0.39, 0.29) is 5.91 Å². The first-order valence-corrected chi connectivity index (χ1v) is 7.21. The van der Waals surface area contributed by atoms with Gasteiger partial charge < -0.3 is 10.6 Å². The number of unbranched alkanes of at least 4 members (excludes halogenated alkanes) is 2. The second-order valence-electron chi connectivity index (χ2n) is 5.03. The van der Waals surface area contributed by atoms with Crippen molar-refractivity contribution in [3.8, 4) is 0 Å². The summed E-state index contributed by atoms with van der Waals surface area (Å²) in [5, 5.41) is 6.23. The minimum Gasteiger partial charge on any atom is -0.385 e. The lowest BCUT2D eigenvalue weighted by Gasteiger charge is -2.09. The molecule has 0 radical (unpaired) electrons. The standard InChI is InChI=1S/C16H26N2O/c1-4-5-6-10-18-16(19)9-11-17-15-8-7-13(2)14(3)12-15/h7-8,12,17H,4-6,9-11H2,1-3H3,(H,18,19). The van der Waals surface area contributed by atoms with Gasteiger partial charge >= 0.3 is 0 Å². The van der Waals surface area contributed by atoms with Crippen LogP contribution in [-0.2, 0) is 4.79 Å². The summed E-state index contributed by atoms with van der Waals surface area (Å²) in [5.74, 6) is 0.132. The molecule has 1 rings (SSSR count). The summed E-state index contributed by atoms with van der Waals surface area (Å²) < 4.78 is 0. The molecule has 1 amide bonds. The molecule has 0 saturated carbocycles. The van der Waals surface area contributed by atoms with E-state index >= 15 is 0 Å². The molecule has 3 heteroatoms. The van der Waals surface area contributed by atoms with Crippen molar-refractivity contribution in [3.05, 3.63) is 29.3 Å². The van der Waals surface area contributed by atoms with Gasteiger partial charge in [0, 0.05) is 25.2 Å². The maximum atomic E-state index is 11.6. The van der Waals surface area contributed by atoms with Gasteiger partial charge in [0.15, 0.2) is 0 Å². The Labute approximate surface area is 116 Å². The predicted molar refractivity (Wildman–Crippen MR) is 81.6 cm³/mol. The van der Waals surface area contributed by atoms with Crippen molar-refractivity contribution in [2.75, 3.05) is 18.4 Å². The van der Waals surface area contributed by atoms with Crippen LogP contribution in [0.2, 0.25) is 0 Å². The first kappa shape index (κ1) is 15.5. The molecule has 1 aromatic carbocycles. The van der Waals surface area contributed by atoms with Gasteiger partial charge in [-0.3, -0.25) is 4.79 Å². The Morgan fingerprint density at radius 2 is 1.89 bits per heavy atom. The van der Waals surface area contributed by atoms with Gasteiger partial charge in [0.05, 0.1) is 0 Å². The van der Waals surface area contributed by atoms with E-state index in [4.69, 9.17) is 0 Å². The number of anilines is 1. The zero-order valence-electron chi connectivity index (χ0n) is 12.4. The summed E-state index contributed by atoms with van der Waals surface area (Å²) in [5.41, 5.74) is 3.65. The molecule has 0 fully saturated rings. The molecule has 106 valence electrons. The van der Waals surface area contributed by atoms with Crippen molar-refractivity contribution in [2.24, 2.45) is 0 Å². The van der Waals surface area contributed by atoms with Gasteiger partial charge in [-0.1, -0.05) is 25.8 Å². The third-order valence-electron chi connectivity index (χ3n) is 3.29. The van der Waals surface area contributed by atoms with Crippen molar-refractivity contribution >= 4 is 11.6 Å². The van der Waals surface area contributed by atoms with Gasteiger partial charge in [0.25, 0.3) is 0 Å². The van der Waals surface area contributed by atoms with Crippen LogP contribution in [0, 0.1) is 13.8 Å². The van der Waals surface area contributed by atoms with Crippen LogP contribution in [0.4, 0.5) is 5.69 Å². The van der Waals surface area contributed by atoms with Crippen LogP contribution in [0.5, 0.6) is 0 Å². The van der Waals surface area contributed by atoms with Crippen LogP contribution in [0.3, 0.4) is 0 Å². The summed E-state index contributed by atoms with van der Waals surface area (Å²) in [6.07, 6.45) is 3.97. The molecule has 0 atom stereocenters. The summed E-state index contributed by atoms with van der Waals surface area (Å²) in [6.45, 7) is 7.84. The van der Waals surface area contributed by atoms with Crippen LogP contribution < -0.4 is 10.6 Å². The first-order chi connectivity index (χ1) is 9.13. The van der Waals surface area contributed by atoms with E-state index in [1.165, 1.54) is 24.0 Å². The highest BCUT2D eigenvalue weighted by Crippen LogP contribution is 2.13. The highest BCUT2D eigenvalue weighted by atomic mass is 16.1. The average molecular weight is 262 g/mol. The Hall–Kier alpha value is -1.51. The van der Waals surface area contributed by atoms with Crippen LogP contribution >= 0.6 is 0 Å². The Morgan fingerprint density at radius 1 is 1.11 bits per heavy atom. The molecule has 0 unspecified atom stereocenters. The third-order valence-corrected chi connectivity index (χ3v) is 3.29. The fraction of sp³-hybridized carbons (Fsp3) is 0.562. The maximum absolute atomic E-state index is 11.6. The molecule has 2 N–H and O–H groups in total. The number of nitrogens with one attached hydrogen (secondary N) is 2. The molecule has 0 heterocycles. The van der Waals surface area contributed by atoms with Crippen LogP contribution in [-0.4, -0.2) is 19.0 Å². The molecule has 0 spiro atoms. The lowest BCUT2D eigenvalue weighted by molar-refractivity contribution is -0.120. The van der Waals surface area contributed by atoms with Gasteiger partial charge in [-0.25, -0.2) is 0 Å². The number of benzene rings is 1. The van der Waals surface area contributed by atoms with Crippen molar-refractivity contribution in [3.63, 3.8) is 0 Å². The van der Waals surface area contributed by atoms with E-state index in [1.54, 1.807) is 0 Å². The molecule has 0 bridgehead atoms. The van der Waals surface area contributed by atoms with Crippen LogP contribution in [0.25, 0.3) is 0 Å². The molecule has 0 aromatic heterocycles. The van der Waals surface area contributed by atoms with Crippen molar-refractivity contribution < 1.29 is 4.79 Å². The number of rotatable bonds is 8. The number of aryl methyl sites for hydroxylation is 2. The minimum atomic E-state index is 0.132. The Bertz CT molecular complexity index is 402. The molecule has 0 aliphatic heterocycles. The molecule has 1 aromatic rings. The quantitative estimate of drug-likeness (QED) is 0.705. The highest BCUT2D eigenvalue weighted by molar-refractivity contribution is 5.76. The third kappa shape index (κ3) is 6.27. The zero-order chi connectivity index (χ0) is 14.1. The molecule has 19 heavy (non-hydrogen) atoms. The van der Waals surface area contributed by atoms with Gasteiger partial charge in [-0.15, -0.1) is 0 Å². The lowest BCUT2D eigenvalue weighted by Crippen LogP contribution is -2.26. The summed E-state index contributed by atoms with van der Waals surface area (Å²) in [6, 6.07) is 6.28. The van der Waals surface area contributed by atoms with Crippen molar-refractivity contribution in [1.29, 1.82) is 0 Å². The largest absolute Gasteiger partial charge is 0.385 e. The van der Waals surface area contributed by atoms with E-state index in [9.17, 15) is 4.79 Å². The topological polar surface area (TPSA) is 41.1 Å². The maximum Gasteiger partial charge on any atom is 0.221 e. The summed E-state index contributed by atoms with van der Waals surface area (Å²) in [4.78, 5) is 11.6. The number of hydrogen-bond donors (Lipinski definition) is 2. The number of hydrogen-bond acceptors (Lipinski definition) is 2. The second kappa shape index (κ2) is 8.57.